The van der Waals surface area contributed by atoms with Gasteiger partial charge in [-0.1, -0.05) is 35.3 Å². The number of hydrogen-bond donors (Lipinski definition) is 1. The van der Waals surface area contributed by atoms with Crippen molar-refractivity contribution < 1.29 is 9.90 Å². The number of carboxylic acid groups (broad SMARTS) is 1. The molecule has 0 heterocycles. The van der Waals surface area contributed by atoms with E-state index in [4.69, 9.17) is 23.2 Å². The molecule has 0 spiro atoms. The SMILES string of the molecule is C/C(=N/Nc1ccc(Cl)c(C(=O)[O-])c1)c1ccc(Cl)cc1. The minimum atomic E-state index is -1.33. The van der Waals surface area contributed by atoms with Gasteiger partial charge >= 0.3 is 0 Å². The van der Waals surface area contributed by atoms with Crippen LogP contribution < -0.4 is 10.5 Å². The normalized spacial score (nSPS) is 11.3. The molecule has 2 aromatic carbocycles. The molecule has 0 bridgehead atoms. The predicted octanol–water partition coefficient (Wildman–Crippen LogP) is 3.19. The van der Waals surface area contributed by atoms with Gasteiger partial charge in [0, 0.05) is 15.6 Å². The number of nitrogens with one attached hydrogen (secondary N) is 1. The third kappa shape index (κ3) is 3.97. The zero-order valence-electron chi connectivity index (χ0n) is 11.1. The van der Waals surface area contributed by atoms with E-state index in [2.05, 4.69) is 10.5 Å². The maximum Gasteiger partial charge on any atom is 0.0731 e. The fraction of sp³-hybridized carbons (Fsp3) is 0.0667. The number of rotatable bonds is 4. The number of carboxylic acids is 1. The summed E-state index contributed by atoms with van der Waals surface area (Å²) in [6, 6.07) is 11.7. The van der Waals surface area contributed by atoms with Crippen LogP contribution in [0.15, 0.2) is 47.6 Å². The van der Waals surface area contributed by atoms with Gasteiger partial charge < -0.3 is 9.90 Å². The van der Waals surface area contributed by atoms with E-state index in [1.54, 1.807) is 18.2 Å². The van der Waals surface area contributed by atoms with E-state index in [-0.39, 0.29) is 10.6 Å². The van der Waals surface area contributed by atoms with E-state index in [1.165, 1.54) is 12.1 Å². The summed E-state index contributed by atoms with van der Waals surface area (Å²) in [5.41, 5.74) is 4.85. The third-order valence-electron chi connectivity index (χ3n) is 2.80. The number of carbonyl (C=O) groups excluding carboxylic acids is 1. The van der Waals surface area contributed by atoms with E-state index in [1.807, 2.05) is 19.1 Å². The highest BCUT2D eigenvalue weighted by molar-refractivity contribution is 6.33. The first-order valence-electron chi connectivity index (χ1n) is 6.04. The number of hydrazone groups is 1. The molecule has 1 N–H and O–H groups in total. The quantitative estimate of drug-likeness (QED) is 0.694. The Hall–Kier alpha value is -2.04. The molecule has 0 radical (unpaired) electrons. The van der Waals surface area contributed by atoms with Crippen LogP contribution in [0, 0.1) is 0 Å². The molecule has 0 aliphatic rings. The maximum atomic E-state index is 10.9. The van der Waals surface area contributed by atoms with Gasteiger partial charge in [0.1, 0.15) is 0 Å². The highest BCUT2D eigenvalue weighted by Gasteiger charge is 2.03. The fourth-order valence-electron chi connectivity index (χ4n) is 1.66. The lowest BCUT2D eigenvalue weighted by molar-refractivity contribution is -0.255. The number of anilines is 1. The molecular weight excluding hydrogens is 311 g/mol. The standard InChI is InChI=1S/C15H12Cl2N2O2/c1-9(10-2-4-11(16)5-3-10)18-19-12-6-7-14(17)13(8-12)15(20)21/h2-8,19H,1H3,(H,20,21)/p-1/b18-9-. The molecule has 108 valence electrons. The van der Waals surface area contributed by atoms with E-state index >= 15 is 0 Å². The molecular formula is C15H11Cl2N2O2-. The van der Waals surface area contributed by atoms with E-state index in [9.17, 15) is 9.90 Å². The first kappa shape index (κ1) is 15.4. The molecule has 0 atom stereocenters. The third-order valence-corrected chi connectivity index (χ3v) is 3.38. The second-order valence-corrected chi connectivity index (χ2v) is 5.14. The van der Waals surface area contributed by atoms with Crippen molar-refractivity contribution in [3.63, 3.8) is 0 Å². The summed E-state index contributed by atoms with van der Waals surface area (Å²) >= 11 is 11.6. The first-order valence-corrected chi connectivity index (χ1v) is 6.80. The Balaban J connectivity index is 2.18. The smallest absolute Gasteiger partial charge is 0.0731 e. The highest BCUT2D eigenvalue weighted by Crippen LogP contribution is 2.20. The Kier molecular flexibility index (Phi) is 4.83. The summed E-state index contributed by atoms with van der Waals surface area (Å²) in [6.07, 6.45) is 0. The molecule has 21 heavy (non-hydrogen) atoms. The monoisotopic (exact) mass is 321 g/mol. The molecule has 0 aliphatic heterocycles. The summed E-state index contributed by atoms with van der Waals surface area (Å²) in [5.74, 6) is -1.33. The van der Waals surface area contributed by atoms with Crippen molar-refractivity contribution in [2.45, 2.75) is 6.92 Å². The lowest BCUT2D eigenvalue weighted by Crippen LogP contribution is -2.22. The van der Waals surface area contributed by atoms with Crippen LogP contribution in [0.5, 0.6) is 0 Å². The number of carbonyl (C=O) groups is 1. The van der Waals surface area contributed by atoms with Crippen LogP contribution >= 0.6 is 23.2 Å². The molecule has 2 rings (SSSR count). The highest BCUT2D eigenvalue weighted by atomic mass is 35.5. The van der Waals surface area contributed by atoms with E-state index in [0.717, 1.165) is 11.3 Å². The van der Waals surface area contributed by atoms with Crippen molar-refractivity contribution in [3.05, 3.63) is 63.6 Å². The van der Waals surface area contributed by atoms with Crippen LogP contribution in [-0.2, 0) is 0 Å². The predicted molar refractivity (Wildman–Crippen MR) is 83.1 cm³/mol. The lowest BCUT2D eigenvalue weighted by Gasteiger charge is -2.08. The summed E-state index contributed by atoms with van der Waals surface area (Å²) < 4.78 is 0. The molecule has 0 saturated carbocycles. The summed E-state index contributed by atoms with van der Waals surface area (Å²) in [7, 11) is 0. The molecule has 0 saturated heterocycles. The van der Waals surface area contributed by atoms with E-state index in [0.29, 0.717) is 10.7 Å². The first-order chi connectivity index (χ1) is 9.97. The summed E-state index contributed by atoms with van der Waals surface area (Å²) in [6.45, 7) is 1.83. The average Bonchev–Trinajstić information content (AvgIpc) is 2.46. The molecule has 0 fully saturated rings. The van der Waals surface area contributed by atoms with Gasteiger partial charge in [-0.2, -0.15) is 5.10 Å². The number of nitrogens with zero attached hydrogens (tertiary/aromatic N) is 1. The topological polar surface area (TPSA) is 64.5 Å². The minimum Gasteiger partial charge on any atom is -0.545 e. The largest absolute Gasteiger partial charge is 0.545 e. The van der Waals surface area contributed by atoms with Crippen molar-refractivity contribution >= 4 is 40.6 Å². The van der Waals surface area contributed by atoms with Crippen LogP contribution in [0.4, 0.5) is 5.69 Å². The lowest BCUT2D eigenvalue weighted by atomic mass is 10.1. The molecule has 2 aromatic rings. The van der Waals surface area contributed by atoms with Gasteiger partial charge in [-0.15, -0.1) is 0 Å². The molecule has 0 aliphatic carbocycles. The van der Waals surface area contributed by atoms with Gasteiger partial charge in [-0.05, 0) is 42.8 Å². The molecule has 6 heteroatoms. The Bertz CT molecular complexity index is 697. The summed E-state index contributed by atoms with van der Waals surface area (Å²) in [4.78, 5) is 10.9. The van der Waals surface area contributed by atoms with Gasteiger partial charge in [0.25, 0.3) is 0 Å². The van der Waals surface area contributed by atoms with Crippen molar-refractivity contribution in [1.82, 2.24) is 0 Å². The number of benzene rings is 2. The maximum absolute atomic E-state index is 10.9. The van der Waals surface area contributed by atoms with Crippen LogP contribution in [0.1, 0.15) is 22.8 Å². The zero-order chi connectivity index (χ0) is 15.4. The van der Waals surface area contributed by atoms with Crippen LogP contribution in [0.3, 0.4) is 0 Å². The summed E-state index contributed by atoms with van der Waals surface area (Å²) in [5, 5.41) is 15.9. The molecule has 0 amide bonds. The van der Waals surface area contributed by atoms with Gasteiger partial charge in [-0.3, -0.25) is 5.43 Å². The molecule has 4 nitrogen and oxygen atoms in total. The fourth-order valence-corrected chi connectivity index (χ4v) is 1.98. The zero-order valence-corrected chi connectivity index (χ0v) is 12.6. The van der Waals surface area contributed by atoms with Crippen molar-refractivity contribution in [2.24, 2.45) is 5.10 Å². The van der Waals surface area contributed by atoms with Gasteiger partial charge in [-0.25, -0.2) is 0 Å². The minimum absolute atomic E-state index is 0.0824. The Morgan fingerprint density at radius 3 is 2.43 bits per heavy atom. The van der Waals surface area contributed by atoms with Gasteiger partial charge in [0.15, 0.2) is 0 Å². The molecule has 0 unspecified atom stereocenters. The average molecular weight is 322 g/mol. The van der Waals surface area contributed by atoms with Crippen LogP contribution in [-0.4, -0.2) is 11.7 Å². The van der Waals surface area contributed by atoms with Crippen LogP contribution in [0.2, 0.25) is 10.0 Å². The number of hydrogen-bond acceptors (Lipinski definition) is 4. The van der Waals surface area contributed by atoms with Crippen molar-refractivity contribution in [3.8, 4) is 0 Å². The Morgan fingerprint density at radius 2 is 1.81 bits per heavy atom. The second-order valence-electron chi connectivity index (χ2n) is 4.30. The second kappa shape index (κ2) is 6.61. The number of aromatic carboxylic acids is 1. The van der Waals surface area contributed by atoms with Crippen molar-refractivity contribution in [2.75, 3.05) is 5.43 Å². The van der Waals surface area contributed by atoms with Crippen LogP contribution in [0.25, 0.3) is 0 Å². The molecule has 0 aromatic heterocycles. The van der Waals surface area contributed by atoms with Crippen molar-refractivity contribution in [1.29, 1.82) is 0 Å². The van der Waals surface area contributed by atoms with Gasteiger partial charge in [0.2, 0.25) is 0 Å². The Labute approximate surface area is 132 Å². The van der Waals surface area contributed by atoms with Gasteiger partial charge in [0.05, 0.1) is 17.4 Å². The Morgan fingerprint density at radius 1 is 1.14 bits per heavy atom. The number of halogens is 2. The van der Waals surface area contributed by atoms with E-state index < -0.39 is 5.97 Å².